The largest absolute Gasteiger partial charge is 0.455 e. The molecule has 1 aliphatic rings. The highest BCUT2D eigenvalue weighted by Gasteiger charge is 2.26. The fourth-order valence-electron chi connectivity index (χ4n) is 8.93. The summed E-state index contributed by atoms with van der Waals surface area (Å²) >= 11 is 1.76. The van der Waals surface area contributed by atoms with Crippen molar-refractivity contribution in [3.63, 3.8) is 0 Å². The minimum Gasteiger partial charge on any atom is -0.455 e. The molecular formula is C56H34N2OS. The highest BCUT2D eigenvalue weighted by molar-refractivity contribution is 7.26. The van der Waals surface area contributed by atoms with Crippen LogP contribution in [0.15, 0.2) is 206 Å². The van der Waals surface area contributed by atoms with Crippen LogP contribution in [0.5, 0.6) is 11.5 Å². The van der Waals surface area contributed by atoms with E-state index in [0.29, 0.717) is 5.82 Å². The monoisotopic (exact) mass is 782 g/mol. The van der Waals surface area contributed by atoms with Gasteiger partial charge < -0.3 is 4.74 Å². The molecule has 280 valence electrons. The Bertz CT molecular complexity index is 3440. The molecule has 0 spiro atoms. The Morgan fingerprint density at radius 2 is 1.00 bits per heavy atom. The maximum absolute atomic E-state index is 6.99. The quantitative estimate of drug-likeness (QED) is 0.168. The van der Waals surface area contributed by atoms with E-state index in [0.717, 1.165) is 99.4 Å². The molecule has 60 heavy (non-hydrogen) atoms. The molecule has 0 radical (unpaired) electrons. The van der Waals surface area contributed by atoms with Gasteiger partial charge in [-0.2, -0.15) is 0 Å². The van der Waals surface area contributed by atoms with Crippen LogP contribution in [0.4, 0.5) is 0 Å². The molecular weight excluding hydrogens is 749 g/mol. The van der Waals surface area contributed by atoms with Crippen LogP contribution in [-0.4, -0.2) is 9.97 Å². The fourth-order valence-corrected chi connectivity index (χ4v) is 10.1. The summed E-state index contributed by atoms with van der Waals surface area (Å²) in [6.07, 6.45) is 0. The Morgan fingerprint density at radius 1 is 0.400 bits per heavy atom. The van der Waals surface area contributed by atoms with E-state index in [2.05, 4.69) is 206 Å². The van der Waals surface area contributed by atoms with Gasteiger partial charge in [0.2, 0.25) is 0 Å². The predicted octanol–water partition coefficient (Wildman–Crippen LogP) is 15.8. The van der Waals surface area contributed by atoms with Gasteiger partial charge in [-0.15, -0.1) is 11.3 Å². The van der Waals surface area contributed by atoms with Gasteiger partial charge in [0.25, 0.3) is 0 Å². The number of aromatic nitrogens is 2. The Morgan fingerprint density at radius 3 is 1.80 bits per heavy atom. The van der Waals surface area contributed by atoms with Crippen LogP contribution in [0.2, 0.25) is 0 Å². The zero-order valence-corrected chi connectivity index (χ0v) is 33.2. The van der Waals surface area contributed by atoms with Gasteiger partial charge in [0, 0.05) is 37.7 Å². The average Bonchev–Trinajstić information content (AvgIpc) is 3.70. The van der Waals surface area contributed by atoms with E-state index < -0.39 is 0 Å². The van der Waals surface area contributed by atoms with Gasteiger partial charge in [-0.3, -0.25) is 0 Å². The van der Waals surface area contributed by atoms with Gasteiger partial charge in [0.05, 0.1) is 15.9 Å². The van der Waals surface area contributed by atoms with E-state index in [-0.39, 0.29) is 0 Å². The first-order chi connectivity index (χ1) is 29.7. The fraction of sp³-hybridized carbons (Fsp3) is 0. The van der Waals surface area contributed by atoms with Crippen molar-refractivity contribution in [2.24, 2.45) is 0 Å². The first-order valence-electron chi connectivity index (χ1n) is 20.2. The number of rotatable bonds is 6. The molecule has 0 unspecified atom stereocenters. The van der Waals surface area contributed by atoms with E-state index in [1.807, 2.05) is 0 Å². The lowest BCUT2D eigenvalue weighted by Gasteiger charge is -2.25. The average molecular weight is 783 g/mol. The van der Waals surface area contributed by atoms with Crippen molar-refractivity contribution < 1.29 is 4.74 Å². The number of thiophene rings is 1. The third-order valence-electron chi connectivity index (χ3n) is 11.7. The third kappa shape index (κ3) is 5.65. The summed E-state index contributed by atoms with van der Waals surface area (Å²) in [5.74, 6) is 2.44. The standard InChI is InChI=1S/C56H34N2OS/c1-4-16-35(17-5-1)41-33-46(39-24-12-25-40(32-39)56-57-52(38-20-8-3-9-21-38)55-53(58-56)45-26-10-11-31-49(45)60-55)50(36-18-6-2-7-19-36)47(34-41)44-29-15-28-43-42-27-13-22-37-23-14-30-48(51(37)42)59-54(43)44/h1-34H. The first-order valence-corrected chi connectivity index (χ1v) is 21.0. The second kappa shape index (κ2) is 14.0. The molecule has 0 saturated carbocycles. The maximum atomic E-state index is 6.99. The molecule has 4 heteroatoms. The number of hydrogen-bond donors (Lipinski definition) is 0. The SMILES string of the molecule is c1ccc(-c2cc(-c3cccc(-c4nc(-c5ccccc5)c5sc6ccccc6c5n4)c3)c(-c3ccccc3)c(-c3cccc4c3Oc3cccc5cccc-4c35)c2)cc1. The summed E-state index contributed by atoms with van der Waals surface area (Å²) in [7, 11) is 0. The molecule has 0 saturated heterocycles. The van der Waals surface area contributed by atoms with Crippen LogP contribution >= 0.6 is 11.3 Å². The van der Waals surface area contributed by atoms with Gasteiger partial charge in [-0.1, -0.05) is 176 Å². The van der Waals surface area contributed by atoms with Gasteiger partial charge in [0.1, 0.15) is 11.5 Å². The van der Waals surface area contributed by atoms with Crippen LogP contribution in [0.25, 0.3) is 109 Å². The molecule has 0 aliphatic carbocycles. The van der Waals surface area contributed by atoms with Crippen LogP contribution < -0.4 is 4.74 Å². The Balaban J connectivity index is 1.12. The lowest BCUT2D eigenvalue weighted by Crippen LogP contribution is -2.00. The van der Waals surface area contributed by atoms with E-state index >= 15 is 0 Å². The molecule has 0 N–H and O–H groups in total. The van der Waals surface area contributed by atoms with Gasteiger partial charge in [-0.25, -0.2) is 9.97 Å². The maximum Gasteiger partial charge on any atom is 0.160 e. The zero-order valence-electron chi connectivity index (χ0n) is 32.3. The third-order valence-corrected chi connectivity index (χ3v) is 12.8. The number of benzene rings is 9. The Labute approximate surface area is 351 Å². The summed E-state index contributed by atoms with van der Waals surface area (Å²) in [5.41, 5.74) is 15.1. The minimum atomic E-state index is 0.700. The summed E-state index contributed by atoms with van der Waals surface area (Å²) < 4.78 is 9.29. The van der Waals surface area contributed by atoms with Crippen molar-refractivity contribution in [3.8, 4) is 89.8 Å². The van der Waals surface area contributed by atoms with Crippen LogP contribution in [0.1, 0.15) is 0 Å². The van der Waals surface area contributed by atoms with E-state index in [9.17, 15) is 0 Å². The van der Waals surface area contributed by atoms with Gasteiger partial charge >= 0.3 is 0 Å². The van der Waals surface area contributed by atoms with Crippen molar-refractivity contribution in [1.82, 2.24) is 9.97 Å². The molecule has 2 aromatic heterocycles. The van der Waals surface area contributed by atoms with Crippen LogP contribution in [0, 0.1) is 0 Å². The second-order valence-corrected chi connectivity index (χ2v) is 16.3. The first kappa shape index (κ1) is 34.4. The Kier molecular flexibility index (Phi) is 8.03. The number of hydrogen-bond acceptors (Lipinski definition) is 4. The molecule has 9 aromatic carbocycles. The predicted molar refractivity (Wildman–Crippen MR) is 251 cm³/mol. The number of para-hydroxylation sites is 1. The summed E-state index contributed by atoms with van der Waals surface area (Å²) in [4.78, 5) is 10.7. The van der Waals surface area contributed by atoms with Crippen molar-refractivity contribution in [1.29, 1.82) is 0 Å². The lowest BCUT2D eigenvalue weighted by molar-refractivity contribution is 0.489. The van der Waals surface area contributed by atoms with Crippen molar-refractivity contribution in [2.45, 2.75) is 0 Å². The molecule has 0 amide bonds. The molecule has 3 nitrogen and oxygen atoms in total. The molecule has 0 fully saturated rings. The highest BCUT2D eigenvalue weighted by Crippen LogP contribution is 2.53. The highest BCUT2D eigenvalue weighted by atomic mass is 32.1. The van der Waals surface area contributed by atoms with Crippen molar-refractivity contribution >= 4 is 42.4 Å². The zero-order chi connectivity index (χ0) is 39.6. The van der Waals surface area contributed by atoms with E-state index in [4.69, 9.17) is 14.7 Å². The van der Waals surface area contributed by atoms with Gasteiger partial charge in [0.15, 0.2) is 5.82 Å². The molecule has 0 bridgehead atoms. The summed E-state index contributed by atoms with van der Waals surface area (Å²) in [6.45, 7) is 0. The summed E-state index contributed by atoms with van der Waals surface area (Å²) in [6, 6.07) is 73.3. The lowest BCUT2D eigenvalue weighted by atomic mass is 9.83. The molecule has 1 aliphatic heterocycles. The normalized spacial score (nSPS) is 11.8. The molecule has 0 atom stereocenters. The van der Waals surface area contributed by atoms with Crippen LogP contribution in [0.3, 0.4) is 0 Å². The van der Waals surface area contributed by atoms with Crippen LogP contribution in [-0.2, 0) is 0 Å². The molecule has 3 heterocycles. The van der Waals surface area contributed by atoms with Crippen molar-refractivity contribution in [3.05, 3.63) is 206 Å². The molecule has 11 aromatic rings. The minimum absolute atomic E-state index is 0.700. The number of fused-ring (bicyclic) bond motifs is 5. The van der Waals surface area contributed by atoms with E-state index in [1.54, 1.807) is 11.3 Å². The molecule has 12 rings (SSSR count). The van der Waals surface area contributed by atoms with Crippen molar-refractivity contribution in [2.75, 3.05) is 0 Å². The Hall–Kier alpha value is -7.66. The number of ether oxygens (including phenoxy) is 1. The smallest absolute Gasteiger partial charge is 0.160 e. The number of nitrogens with zero attached hydrogens (tertiary/aromatic N) is 2. The van der Waals surface area contributed by atoms with Gasteiger partial charge in [-0.05, 0) is 80.2 Å². The summed E-state index contributed by atoms with van der Waals surface area (Å²) in [5, 5.41) is 3.47. The van der Waals surface area contributed by atoms with E-state index in [1.165, 1.54) is 15.6 Å². The second-order valence-electron chi connectivity index (χ2n) is 15.2. The topological polar surface area (TPSA) is 35.0 Å².